The summed E-state index contributed by atoms with van der Waals surface area (Å²) >= 11 is 0. The van der Waals surface area contributed by atoms with E-state index in [0.717, 1.165) is 38.9 Å². The molecule has 2 rings (SSSR count). The Hall–Kier alpha value is -1.95. The van der Waals surface area contributed by atoms with Crippen molar-refractivity contribution in [3.8, 4) is 0 Å². The van der Waals surface area contributed by atoms with Crippen LogP contribution in [0.3, 0.4) is 0 Å². The van der Waals surface area contributed by atoms with E-state index in [0.29, 0.717) is 12.5 Å². The minimum atomic E-state index is -0.219. The summed E-state index contributed by atoms with van der Waals surface area (Å²) in [5, 5.41) is 6.88. The van der Waals surface area contributed by atoms with Gasteiger partial charge in [-0.2, -0.15) is 5.10 Å². The fourth-order valence-electron chi connectivity index (χ4n) is 2.64. The van der Waals surface area contributed by atoms with E-state index in [1.807, 2.05) is 6.08 Å². The average Bonchev–Trinajstić information content (AvgIpc) is 2.54. The average molecular weight is 304 g/mol. The number of likely N-dealkylation sites (tertiary alicyclic amines) is 1. The van der Waals surface area contributed by atoms with Crippen molar-refractivity contribution in [2.24, 2.45) is 13.0 Å². The SMILES string of the molecule is C=CCCN1CCC(CNC(=O)c2ccc(=O)n(C)n2)CC1. The molecule has 0 unspecified atom stereocenters. The number of carbonyl (C=O) groups is 1. The Bertz CT molecular complexity index is 574. The standard InChI is InChI=1S/C16H24N4O2/c1-3-4-9-20-10-7-13(8-11-20)12-17-16(22)14-5-6-15(21)19(2)18-14/h3,5-6,13H,1,4,7-12H2,2H3,(H,17,22). The third-order valence-corrected chi connectivity index (χ3v) is 4.10. The molecule has 1 amide bonds. The third-order valence-electron chi connectivity index (χ3n) is 4.10. The molecule has 0 aliphatic carbocycles. The van der Waals surface area contributed by atoms with Gasteiger partial charge in [-0.3, -0.25) is 9.59 Å². The lowest BCUT2D eigenvalue weighted by atomic mass is 9.96. The Morgan fingerprint density at radius 3 is 2.82 bits per heavy atom. The molecule has 0 saturated carbocycles. The zero-order chi connectivity index (χ0) is 15.9. The van der Waals surface area contributed by atoms with Crippen LogP contribution < -0.4 is 10.9 Å². The van der Waals surface area contributed by atoms with Crippen LogP contribution in [0.5, 0.6) is 0 Å². The number of amides is 1. The van der Waals surface area contributed by atoms with Crippen molar-refractivity contribution in [1.82, 2.24) is 20.0 Å². The largest absolute Gasteiger partial charge is 0.350 e. The van der Waals surface area contributed by atoms with Crippen LogP contribution in [-0.2, 0) is 7.05 Å². The van der Waals surface area contributed by atoms with Gasteiger partial charge in [0.05, 0.1) is 0 Å². The molecule has 1 saturated heterocycles. The Labute approximate surface area is 130 Å². The van der Waals surface area contributed by atoms with Crippen LogP contribution in [0.1, 0.15) is 29.8 Å². The van der Waals surface area contributed by atoms with Gasteiger partial charge in [-0.1, -0.05) is 6.08 Å². The van der Waals surface area contributed by atoms with Gasteiger partial charge >= 0.3 is 0 Å². The maximum atomic E-state index is 12.0. The number of aromatic nitrogens is 2. The van der Waals surface area contributed by atoms with Crippen molar-refractivity contribution < 1.29 is 4.79 Å². The third kappa shape index (κ3) is 4.53. The number of aryl methyl sites for hydroxylation is 1. The highest BCUT2D eigenvalue weighted by molar-refractivity contribution is 5.91. The van der Waals surface area contributed by atoms with Gasteiger partial charge in [0.15, 0.2) is 0 Å². The number of hydrogen-bond acceptors (Lipinski definition) is 4. The number of hydrogen-bond donors (Lipinski definition) is 1. The Morgan fingerprint density at radius 2 is 2.18 bits per heavy atom. The molecule has 1 N–H and O–H groups in total. The van der Waals surface area contributed by atoms with E-state index in [1.165, 1.54) is 23.9 Å². The van der Waals surface area contributed by atoms with Crippen LogP contribution in [0.25, 0.3) is 0 Å². The molecule has 0 atom stereocenters. The van der Waals surface area contributed by atoms with E-state index in [9.17, 15) is 9.59 Å². The lowest BCUT2D eigenvalue weighted by Gasteiger charge is -2.31. The first-order valence-electron chi connectivity index (χ1n) is 7.76. The fourth-order valence-corrected chi connectivity index (χ4v) is 2.64. The molecule has 22 heavy (non-hydrogen) atoms. The molecule has 0 aromatic carbocycles. The molecule has 2 heterocycles. The van der Waals surface area contributed by atoms with E-state index in [2.05, 4.69) is 21.9 Å². The normalized spacial score (nSPS) is 16.4. The molecule has 1 fully saturated rings. The lowest BCUT2D eigenvalue weighted by Crippen LogP contribution is -2.39. The minimum Gasteiger partial charge on any atom is -0.350 e. The van der Waals surface area contributed by atoms with Crippen molar-refractivity contribution >= 4 is 5.91 Å². The summed E-state index contributed by atoms with van der Waals surface area (Å²) in [6, 6.07) is 2.83. The van der Waals surface area contributed by atoms with Gasteiger partial charge in [0.2, 0.25) is 0 Å². The summed E-state index contributed by atoms with van der Waals surface area (Å²) in [5.74, 6) is 0.293. The van der Waals surface area contributed by atoms with Crippen LogP contribution in [0.2, 0.25) is 0 Å². The van der Waals surface area contributed by atoms with Gasteiger partial charge in [-0.25, -0.2) is 4.68 Å². The Balaban J connectivity index is 1.76. The van der Waals surface area contributed by atoms with Gasteiger partial charge in [0, 0.05) is 26.2 Å². The highest BCUT2D eigenvalue weighted by Gasteiger charge is 2.19. The van der Waals surface area contributed by atoms with Gasteiger partial charge in [-0.05, 0) is 44.3 Å². The quantitative estimate of drug-likeness (QED) is 0.789. The van der Waals surface area contributed by atoms with Crippen molar-refractivity contribution in [2.45, 2.75) is 19.3 Å². The first-order valence-corrected chi connectivity index (χ1v) is 7.76. The second kappa shape index (κ2) is 7.89. The molecule has 0 bridgehead atoms. The summed E-state index contributed by atoms with van der Waals surface area (Å²) < 4.78 is 1.17. The number of carbonyl (C=O) groups excluding carboxylic acids is 1. The van der Waals surface area contributed by atoms with E-state index in [1.54, 1.807) is 0 Å². The smallest absolute Gasteiger partial charge is 0.271 e. The zero-order valence-electron chi connectivity index (χ0n) is 13.1. The van der Waals surface area contributed by atoms with Crippen LogP contribution in [0.15, 0.2) is 29.6 Å². The predicted molar refractivity (Wildman–Crippen MR) is 85.8 cm³/mol. The molecule has 6 nitrogen and oxygen atoms in total. The van der Waals surface area contributed by atoms with Crippen molar-refractivity contribution in [3.05, 3.63) is 40.8 Å². The molecule has 120 valence electrons. The summed E-state index contributed by atoms with van der Waals surface area (Å²) in [5.41, 5.74) is 0.0639. The maximum Gasteiger partial charge on any atom is 0.271 e. The molecule has 0 spiro atoms. The summed E-state index contributed by atoms with van der Waals surface area (Å²) in [7, 11) is 1.54. The van der Waals surface area contributed by atoms with Gasteiger partial charge < -0.3 is 10.2 Å². The number of piperidine rings is 1. The van der Waals surface area contributed by atoms with Crippen LogP contribution in [0, 0.1) is 5.92 Å². The van der Waals surface area contributed by atoms with Crippen LogP contribution in [0.4, 0.5) is 0 Å². The molecule has 1 aliphatic heterocycles. The van der Waals surface area contributed by atoms with Crippen LogP contribution >= 0.6 is 0 Å². The molecule has 1 aliphatic rings. The molecular weight excluding hydrogens is 280 g/mol. The summed E-state index contributed by atoms with van der Waals surface area (Å²) in [6.07, 6.45) is 5.17. The molecule has 6 heteroatoms. The van der Waals surface area contributed by atoms with Gasteiger partial charge in [0.1, 0.15) is 5.69 Å². The zero-order valence-corrected chi connectivity index (χ0v) is 13.1. The van der Waals surface area contributed by atoms with E-state index in [4.69, 9.17) is 0 Å². The maximum absolute atomic E-state index is 12.0. The number of nitrogens with zero attached hydrogens (tertiary/aromatic N) is 3. The first-order chi connectivity index (χ1) is 10.6. The fraction of sp³-hybridized carbons (Fsp3) is 0.562. The summed E-state index contributed by atoms with van der Waals surface area (Å²) in [4.78, 5) is 25.7. The second-order valence-electron chi connectivity index (χ2n) is 5.75. The molecule has 0 radical (unpaired) electrons. The highest BCUT2D eigenvalue weighted by Crippen LogP contribution is 2.16. The Kier molecular flexibility index (Phi) is 5.89. The van der Waals surface area contributed by atoms with Crippen molar-refractivity contribution in [2.75, 3.05) is 26.2 Å². The van der Waals surface area contributed by atoms with Crippen LogP contribution in [-0.4, -0.2) is 46.8 Å². The number of nitrogens with one attached hydrogen (secondary N) is 1. The van der Waals surface area contributed by atoms with Crippen molar-refractivity contribution in [1.29, 1.82) is 0 Å². The number of rotatable bonds is 6. The molecular formula is C16H24N4O2. The minimum absolute atomic E-state index is 0.218. The van der Waals surface area contributed by atoms with Gasteiger partial charge in [-0.15, -0.1) is 6.58 Å². The van der Waals surface area contributed by atoms with E-state index >= 15 is 0 Å². The first kappa shape index (κ1) is 16.4. The monoisotopic (exact) mass is 304 g/mol. The Morgan fingerprint density at radius 1 is 1.45 bits per heavy atom. The summed E-state index contributed by atoms with van der Waals surface area (Å²) in [6.45, 7) is 7.64. The highest BCUT2D eigenvalue weighted by atomic mass is 16.2. The van der Waals surface area contributed by atoms with Crippen molar-refractivity contribution in [3.63, 3.8) is 0 Å². The lowest BCUT2D eigenvalue weighted by molar-refractivity contribution is 0.0929. The van der Waals surface area contributed by atoms with E-state index in [-0.39, 0.29) is 17.2 Å². The van der Waals surface area contributed by atoms with E-state index < -0.39 is 0 Å². The van der Waals surface area contributed by atoms with Gasteiger partial charge in [0.25, 0.3) is 11.5 Å². The molecule has 1 aromatic heterocycles. The predicted octanol–water partition coefficient (Wildman–Crippen LogP) is 0.798. The molecule has 1 aromatic rings. The second-order valence-corrected chi connectivity index (χ2v) is 5.75. The topological polar surface area (TPSA) is 67.2 Å².